The van der Waals surface area contributed by atoms with Crippen molar-refractivity contribution in [3.8, 4) is 5.75 Å². The van der Waals surface area contributed by atoms with Crippen LogP contribution >= 0.6 is 11.6 Å². The second-order valence-corrected chi connectivity index (χ2v) is 6.88. The average molecular weight is 386 g/mol. The zero-order chi connectivity index (χ0) is 19.6. The summed E-state index contributed by atoms with van der Waals surface area (Å²) in [5, 5.41) is 3.37. The summed E-state index contributed by atoms with van der Waals surface area (Å²) < 4.78 is 10.9. The van der Waals surface area contributed by atoms with Crippen LogP contribution in [0.2, 0.25) is 5.02 Å². The fourth-order valence-electron chi connectivity index (χ4n) is 2.79. The number of rotatable bonds is 4. The van der Waals surface area contributed by atoms with E-state index >= 15 is 0 Å². The van der Waals surface area contributed by atoms with Crippen LogP contribution in [-0.4, -0.2) is 24.6 Å². The van der Waals surface area contributed by atoms with Crippen molar-refractivity contribution in [2.75, 3.05) is 11.9 Å². The van der Waals surface area contributed by atoms with E-state index in [0.717, 1.165) is 16.8 Å². The van der Waals surface area contributed by atoms with E-state index in [2.05, 4.69) is 5.32 Å². The zero-order valence-electron chi connectivity index (χ0n) is 15.3. The Morgan fingerprint density at radius 2 is 1.89 bits per heavy atom. The van der Waals surface area contributed by atoms with E-state index in [4.69, 9.17) is 21.1 Å². The predicted molar refractivity (Wildman–Crippen MR) is 105 cm³/mol. The minimum Gasteiger partial charge on any atom is -0.488 e. The molecule has 27 heavy (non-hydrogen) atoms. The van der Waals surface area contributed by atoms with Crippen molar-refractivity contribution in [1.82, 2.24) is 0 Å². The Bertz CT molecular complexity index is 916. The number of aryl methyl sites for hydroxylation is 2. The highest BCUT2D eigenvalue weighted by Gasteiger charge is 2.24. The summed E-state index contributed by atoms with van der Waals surface area (Å²) in [5.41, 5.74) is 3.65. The van der Waals surface area contributed by atoms with Crippen LogP contribution < -0.4 is 10.1 Å². The molecule has 1 N–H and O–H groups in total. The SMILES string of the molecule is Cc1cccc(C)c1NC(=O)C(C)OC(=O)C1=Cc2cc(Cl)ccc2OC1. The van der Waals surface area contributed by atoms with Crippen LogP contribution in [0.1, 0.15) is 23.6 Å². The molecular formula is C21H20ClNO4. The number of esters is 1. The van der Waals surface area contributed by atoms with Crippen LogP contribution in [-0.2, 0) is 14.3 Å². The van der Waals surface area contributed by atoms with Crippen molar-refractivity contribution < 1.29 is 19.1 Å². The van der Waals surface area contributed by atoms with Gasteiger partial charge >= 0.3 is 5.97 Å². The summed E-state index contributed by atoms with van der Waals surface area (Å²) in [5.74, 6) is -0.330. The molecule has 1 aliphatic rings. The van der Waals surface area contributed by atoms with Crippen molar-refractivity contribution in [2.24, 2.45) is 0 Å². The van der Waals surface area contributed by atoms with Crippen LogP contribution in [0.25, 0.3) is 6.08 Å². The molecule has 1 amide bonds. The molecule has 0 radical (unpaired) electrons. The molecule has 2 aromatic rings. The quantitative estimate of drug-likeness (QED) is 0.797. The molecule has 0 aliphatic carbocycles. The lowest BCUT2D eigenvalue weighted by atomic mass is 10.1. The first-order valence-electron chi connectivity index (χ1n) is 8.56. The summed E-state index contributed by atoms with van der Waals surface area (Å²) in [6.07, 6.45) is 0.724. The van der Waals surface area contributed by atoms with Gasteiger partial charge in [-0.25, -0.2) is 4.79 Å². The van der Waals surface area contributed by atoms with Gasteiger partial charge in [0, 0.05) is 16.3 Å². The second kappa shape index (κ2) is 7.84. The number of fused-ring (bicyclic) bond motifs is 1. The molecule has 0 spiro atoms. The fourth-order valence-corrected chi connectivity index (χ4v) is 2.97. The van der Waals surface area contributed by atoms with Crippen molar-refractivity contribution >= 4 is 35.2 Å². The molecule has 2 aromatic carbocycles. The van der Waals surface area contributed by atoms with Crippen molar-refractivity contribution in [1.29, 1.82) is 0 Å². The smallest absolute Gasteiger partial charge is 0.338 e. The zero-order valence-corrected chi connectivity index (χ0v) is 16.1. The summed E-state index contributed by atoms with van der Waals surface area (Å²) in [4.78, 5) is 24.8. The fraction of sp³-hybridized carbons (Fsp3) is 0.238. The molecule has 0 bridgehead atoms. The summed E-state index contributed by atoms with van der Waals surface area (Å²) in [6.45, 7) is 5.44. The highest BCUT2D eigenvalue weighted by molar-refractivity contribution is 6.30. The van der Waals surface area contributed by atoms with E-state index in [1.165, 1.54) is 6.92 Å². The molecule has 6 heteroatoms. The van der Waals surface area contributed by atoms with Crippen molar-refractivity contribution in [3.63, 3.8) is 0 Å². The van der Waals surface area contributed by atoms with Crippen molar-refractivity contribution in [2.45, 2.75) is 26.9 Å². The van der Waals surface area contributed by atoms with Gasteiger partial charge in [-0.3, -0.25) is 4.79 Å². The number of halogens is 1. The summed E-state index contributed by atoms with van der Waals surface area (Å²) >= 11 is 5.98. The number of benzene rings is 2. The third kappa shape index (κ3) is 4.31. The molecule has 140 valence electrons. The van der Waals surface area contributed by atoms with Gasteiger partial charge in [0.15, 0.2) is 6.10 Å². The van der Waals surface area contributed by atoms with Crippen LogP contribution in [0.3, 0.4) is 0 Å². The Morgan fingerprint density at radius 3 is 2.59 bits per heavy atom. The predicted octanol–water partition coefficient (Wildman–Crippen LogP) is 4.30. The maximum absolute atomic E-state index is 12.4. The highest BCUT2D eigenvalue weighted by Crippen LogP contribution is 2.29. The van der Waals surface area contributed by atoms with Gasteiger partial charge in [-0.1, -0.05) is 29.8 Å². The maximum atomic E-state index is 12.4. The molecule has 1 atom stereocenters. The standard InChI is InChI=1S/C21H20ClNO4/c1-12-5-4-6-13(2)19(12)23-20(24)14(3)27-21(25)16-9-15-10-17(22)7-8-18(15)26-11-16/h4-10,14H,11H2,1-3H3,(H,23,24). The van der Waals surface area contributed by atoms with E-state index in [9.17, 15) is 9.59 Å². The Kier molecular flexibility index (Phi) is 5.51. The molecule has 0 saturated carbocycles. The Labute approximate surface area is 162 Å². The number of hydrogen-bond acceptors (Lipinski definition) is 4. The van der Waals surface area contributed by atoms with Gasteiger partial charge in [0.05, 0.1) is 5.57 Å². The molecule has 1 heterocycles. The first kappa shape index (κ1) is 19.0. The Balaban J connectivity index is 1.68. The molecule has 3 rings (SSSR count). The first-order chi connectivity index (χ1) is 12.8. The minimum absolute atomic E-state index is 0.0820. The molecule has 1 aliphatic heterocycles. The number of para-hydroxylation sites is 1. The maximum Gasteiger partial charge on any atom is 0.338 e. The molecule has 0 saturated heterocycles. The van der Waals surface area contributed by atoms with Crippen molar-refractivity contribution in [3.05, 3.63) is 63.7 Å². The third-order valence-electron chi connectivity index (χ3n) is 4.33. The third-order valence-corrected chi connectivity index (χ3v) is 4.56. The topological polar surface area (TPSA) is 64.6 Å². The molecule has 0 aromatic heterocycles. The number of carbonyl (C=O) groups is 2. The lowest BCUT2D eigenvalue weighted by molar-refractivity contribution is -0.149. The van der Waals surface area contributed by atoms with E-state index < -0.39 is 12.1 Å². The average Bonchev–Trinajstić information content (AvgIpc) is 2.63. The molecular weight excluding hydrogens is 366 g/mol. The van der Waals surface area contributed by atoms with Crippen LogP contribution in [0, 0.1) is 13.8 Å². The summed E-state index contributed by atoms with van der Waals surface area (Å²) in [6, 6.07) is 10.9. The number of anilines is 1. The van der Waals surface area contributed by atoms with Gasteiger partial charge in [0.25, 0.3) is 5.91 Å². The lowest BCUT2D eigenvalue weighted by Gasteiger charge is -2.20. The van der Waals surface area contributed by atoms with E-state index in [1.54, 1.807) is 24.3 Å². The number of carbonyl (C=O) groups excluding carboxylic acids is 2. The van der Waals surface area contributed by atoms with Crippen LogP contribution in [0.4, 0.5) is 5.69 Å². The monoisotopic (exact) mass is 385 g/mol. The van der Waals surface area contributed by atoms with Gasteiger partial charge in [0.1, 0.15) is 12.4 Å². The second-order valence-electron chi connectivity index (χ2n) is 6.44. The number of hydrogen-bond donors (Lipinski definition) is 1. The van der Waals surface area contributed by atoms with Gasteiger partial charge < -0.3 is 14.8 Å². The van der Waals surface area contributed by atoms with Gasteiger partial charge in [-0.05, 0) is 56.2 Å². The Hall–Kier alpha value is -2.79. The minimum atomic E-state index is -0.946. The molecule has 0 fully saturated rings. The van der Waals surface area contributed by atoms with Gasteiger partial charge in [0.2, 0.25) is 0 Å². The van der Waals surface area contributed by atoms with E-state index in [1.807, 2.05) is 32.0 Å². The highest BCUT2D eigenvalue weighted by atomic mass is 35.5. The van der Waals surface area contributed by atoms with E-state index in [0.29, 0.717) is 21.9 Å². The molecule has 1 unspecified atom stereocenters. The molecule has 5 nitrogen and oxygen atoms in total. The van der Waals surface area contributed by atoms with Gasteiger partial charge in [-0.2, -0.15) is 0 Å². The number of amides is 1. The van der Waals surface area contributed by atoms with Gasteiger partial charge in [-0.15, -0.1) is 0 Å². The number of nitrogens with one attached hydrogen (secondary N) is 1. The van der Waals surface area contributed by atoms with Crippen LogP contribution in [0.5, 0.6) is 5.75 Å². The summed E-state index contributed by atoms with van der Waals surface area (Å²) in [7, 11) is 0. The van der Waals surface area contributed by atoms with Crippen LogP contribution in [0.15, 0.2) is 42.0 Å². The largest absolute Gasteiger partial charge is 0.488 e. The first-order valence-corrected chi connectivity index (χ1v) is 8.94. The Morgan fingerprint density at radius 1 is 1.19 bits per heavy atom. The lowest BCUT2D eigenvalue weighted by Crippen LogP contribution is -2.31. The normalized spacial score (nSPS) is 13.7. The number of ether oxygens (including phenoxy) is 2. The van der Waals surface area contributed by atoms with E-state index in [-0.39, 0.29) is 12.5 Å².